The molecule has 3 heteroatoms. The smallest absolute Gasteiger partial charge is 0.131 e. The third kappa shape index (κ3) is 3.75. The van der Waals surface area contributed by atoms with E-state index in [1.165, 1.54) is 11.1 Å². The fraction of sp³-hybridized carbons (Fsp3) is 0.294. The molecule has 1 unspecified atom stereocenters. The van der Waals surface area contributed by atoms with Crippen LogP contribution in [0.5, 0.6) is 11.5 Å². The Morgan fingerprint density at radius 3 is 2.50 bits per heavy atom. The Morgan fingerprint density at radius 2 is 1.85 bits per heavy atom. The number of ether oxygens (including phenoxy) is 1. The van der Waals surface area contributed by atoms with E-state index < -0.39 is 0 Å². The molecule has 2 aromatic carbocycles. The number of benzene rings is 2. The van der Waals surface area contributed by atoms with Gasteiger partial charge in [-0.1, -0.05) is 23.7 Å². The van der Waals surface area contributed by atoms with Crippen LogP contribution in [0.1, 0.15) is 23.6 Å². The van der Waals surface area contributed by atoms with Crippen molar-refractivity contribution in [2.75, 3.05) is 0 Å². The average Bonchev–Trinajstić information content (AvgIpc) is 2.37. The third-order valence-corrected chi connectivity index (χ3v) is 3.47. The molecular formula is C17H20ClNO. The van der Waals surface area contributed by atoms with Crippen molar-refractivity contribution in [3.63, 3.8) is 0 Å². The highest BCUT2D eigenvalue weighted by Crippen LogP contribution is 2.29. The Labute approximate surface area is 125 Å². The minimum absolute atomic E-state index is 0.163. The maximum Gasteiger partial charge on any atom is 0.131 e. The van der Waals surface area contributed by atoms with E-state index in [4.69, 9.17) is 22.1 Å². The molecule has 0 aliphatic heterocycles. The summed E-state index contributed by atoms with van der Waals surface area (Å²) in [4.78, 5) is 0. The van der Waals surface area contributed by atoms with E-state index in [-0.39, 0.29) is 6.04 Å². The SMILES string of the molecule is Cc1cc(Oc2cc(Cl)ccc2C)ccc1CC(C)N. The second-order valence-corrected chi connectivity index (χ2v) is 5.72. The Hall–Kier alpha value is -1.51. The van der Waals surface area contributed by atoms with E-state index in [1.54, 1.807) is 0 Å². The van der Waals surface area contributed by atoms with Gasteiger partial charge in [0, 0.05) is 11.1 Å². The van der Waals surface area contributed by atoms with Crippen LogP contribution in [0.25, 0.3) is 0 Å². The Kier molecular flexibility index (Phi) is 4.69. The molecule has 0 heterocycles. The summed E-state index contributed by atoms with van der Waals surface area (Å²) in [5.41, 5.74) is 9.36. The summed E-state index contributed by atoms with van der Waals surface area (Å²) in [6.07, 6.45) is 0.877. The number of aryl methyl sites for hydroxylation is 2. The van der Waals surface area contributed by atoms with Gasteiger partial charge in [0.05, 0.1) is 0 Å². The number of hydrogen-bond acceptors (Lipinski definition) is 2. The molecule has 2 aromatic rings. The first-order valence-electron chi connectivity index (χ1n) is 6.75. The lowest BCUT2D eigenvalue weighted by Crippen LogP contribution is -2.18. The van der Waals surface area contributed by atoms with Gasteiger partial charge in [0.25, 0.3) is 0 Å². The summed E-state index contributed by atoms with van der Waals surface area (Å²) >= 11 is 6.00. The molecule has 0 bridgehead atoms. The van der Waals surface area contributed by atoms with Gasteiger partial charge in [0.2, 0.25) is 0 Å². The van der Waals surface area contributed by atoms with Gasteiger partial charge in [-0.25, -0.2) is 0 Å². The molecule has 2 nitrogen and oxygen atoms in total. The van der Waals surface area contributed by atoms with Crippen LogP contribution in [0.15, 0.2) is 36.4 Å². The van der Waals surface area contributed by atoms with Crippen LogP contribution in [-0.4, -0.2) is 6.04 Å². The van der Waals surface area contributed by atoms with Crippen LogP contribution in [0.3, 0.4) is 0 Å². The van der Waals surface area contributed by atoms with Crippen LogP contribution < -0.4 is 10.5 Å². The maximum atomic E-state index is 6.00. The van der Waals surface area contributed by atoms with E-state index in [2.05, 4.69) is 13.0 Å². The topological polar surface area (TPSA) is 35.2 Å². The van der Waals surface area contributed by atoms with Gasteiger partial charge in [-0.3, -0.25) is 0 Å². The highest BCUT2D eigenvalue weighted by atomic mass is 35.5. The van der Waals surface area contributed by atoms with Gasteiger partial charge in [-0.05, 0) is 68.1 Å². The molecule has 1 atom stereocenters. The van der Waals surface area contributed by atoms with Crippen molar-refractivity contribution in [3.8, 4) is 11.5 Å². The molecule has 0 aliphatic rings. The molecule has 2 N–H and O–H groups in total. The molecule has 0 saturated heterocycles. The molecule has 20 heavy (non-hydrogen) atoms. The monoisotopic (exact) mass is 289 g/mol. The van der Waals surface area contributed by atoms with E-state index in [9.17, 15) is 0 Å². The van der Waals surface area contributed by atoms with E-state index in [0.29, 0.717) is 5.02 Å². The fourth-order valence-electron chi connectivity index (χ4n) is 2.12. The molecule has 2 rings (SSSR count). The minimum Gasteiger partial charge on any atom is -0.457 e. The first-order chi connectivity index (χ1) is 9.45. The number of rotatable bonds is 4. The van der Waals surface area contributed by atoms with Crippen LogP contribution in [0, 0.1) is 13.8 Å². The zero-order chi connectivity index (χ0) is 14.7. The summed E-state index contributed by atoms with van der Waals surface area (Å²) in [5, 5.41) is 0.677. The summed E-state index contributed by atoms with van der Waals surface area (Å²) in [6.45, 7) is 6.09. The summed E-state index contributed by atoms with van der Waals surface area (Å²) < 4.78 is 5.92. The van der Waals surface area contributed by atoms with Gasteiger partial charge in [-0.15, -0.1) is 0 Å². The molecule has 106 valence electrons. The van der Waals surface area contributed by atoms with E-state index in [0.717, 1.165) is 23.5 Å². The van der Waals surface area contributed by atoms with Gasteiger partial charge >= 0.3 is 0 Å². The molecule has 0 spiro atoms. The highest BCUT2D eigenvalue weighted by molar-refractivity contribution is 6.30. The van der Waals surface area contributed by atoms with Crippen molar-refractivity contribution in [1.82, 2.24) is 0 Å². The lowest BCUT2D eigenvalue weighted by atomic mass is 10.0. The molecule has 0 saturated carbocycles. The summed E-state index contributed by atoms with van der Waals surface area (Å²) in [6, 6.07) is 11.9. The lowest BCUT2D eigenvalue weighted by Gasteiger charge is -2.13. The predicted octanol–water partition coefficient (Wildman–Crippen LogP) is 4.64. The number of nitrogens with two attached hydrogens (primary N) is 1. The molecule has 0 radical (unpaired) electrons. The molecule has 0 amide bonds. The first-order valence-corrected chi connectivity index (χ1v) is 7.12. The molecule has 0 aromatic heterocycles. The van der Waals surface area contributed by atoms with Gasteiger partial charge in [-0.2, -0.15) is 0 Å². The Morgan fingerprint density at radius 1 is 1.10 bits per heavy atom. The predicted molar refractivity (Wildman–Crippen MR) is 84.8 cm³/mol. The van der Waals surface area contributed by atoms with Crippen molar-refractivity contribution in [3.05, 3.63) is 58.1 Å². The maximum absolute atomic E-state index is 6.00. The second-order valence-electron chi connectivity index (χ2n) is 5.28. The van der Waals surface area contributed by atoms with E-state index in [1.807, 2.05) is 44.2 Å². The second kappa shape index (κ2) is 6.29. The van der Waals surface area contributed by atoms with Crippen LogP contribution in [-0.2, 0) is 6.42 Å². The van der Waals surface area contributed by atoms with Gasteiger partial charge in [0.15, 0.2) is 0 Å². The molecule has 0 fully saturated rings. The van der Waals surface area contributed by atoms with Crippen molar-refractivity contribution in [1.29, 1.82) is 0 Å². The lowest BCUT2D eigenvalue weighted by molar-refractivity contribution is 0.478. The third-order valence-electron chi connectivity index (χ3n) is 3.23. The van der Waals surface area contributed by atoms with Crippen molar-refractivity contribution in [2.45, 2.75) is 33.2 Å². The summed E-state index contributed by atoms with van der Waals surface area (Å²) in [7, 11) is 0. The van der Waals surface area contributed by atoms with Crippen LogP contribution in [0.2, 0.25) is 5.02 Å². The number of hydrogen-bond donors (Lipinski definition) is 1. The summed E-state index contributed by atoms with van der Waals surface area (Å²) in [5.74, 6) is 1.61. The molecular weight excluding hydrogens is 270 g/mol. The zero-order valence-corrected chi connectivity index (χ0v) is 12.9. The normalized spacial score (nSPS) is 12.2. The standard InChI is InChI=1S/C17H20ClNO/c1-11-4-6-15(18)10-17(11)20-16-7-5-14(9-13(3)19)12(2)8-16/h4-8,10,13H,9,19H2,1-3H3. The fourth-order valence-corrected chi connectivity index (χ4v) is 2.28. The largest absolute Gasteiger partial charge is 0.457 e. The Bertz CT molecular complexity index is 608. The Balaban J connectivity index is 2.22. The quantitative estimate of drug-likeness (QED) is 0.890. The van der Waals surface area contributed by atoms with Crippen molar-refractivity contribution >= 4 is 11.6 Å². The van der Waals surface area contributed by atoms with Gasteiger partial charge < -0.3 is 10.5 Å². The van der Waals surface area contributed by atoms with Crippen molar-refractivity contribution in [2.24, 2.45) is 5.73 Å². The van der Waals surface area contributed by atoms with Crippen LogP contribution >= 0.6 is 11.6 Å². The highest BCUT2D eigenvalue weighted by Gasteiger charge is 2.06. The first kappa shape index (κ1) is 14.9. The van der Waals surface area contributed by atoms with E-state index >= 15 is 0 Å². The number of halogens is 1. The van der Waals surface area contributed by atoms with Crippen LogP contribution in [0.4, 0.5) is 0 Å². The molecule has 0 aliphatic carbocycles. The minimum atomic E-state index is 0.163. The zero-order valence-electron chi connectivity index (χ0n) is 12.1. The van der Waals surface area contributed by atoms with Gasteiger partial charge in [0.1, 0.15) is 11.5 Å². The van der Waals surface area contributed by atoms with Crippen molar-refractivity contribution < 1.29 is 4.74 Å². The average molecular weight is 290 g/mol.